The number of hydrogen-bond acceptors (Lipinski definition) is 5. The maximum Gasteiger partial charge on any atom is 0.274 e. The van der Waals surface area contributed by atoms with E-state index in [1.165, 1.54) is 16.9 Å². The summed E-state index contributed by atoms with van der Waals surface area (Å²) >= 11 is 0. The van der Waals surface area contributed by atoms with E-state index in [9.17, 15) is 9.90 Å². The molecule has 3 aromatic heterocycles. The predicted molar refractivity (Wildman–Crippen MR) is 81.3 cm³/mol. The summed E-state index contributed by atoms with van der Waals surface area (Å²) in [7, 11) is 0. The monoisotopic (exact) mass is 312 g/mol. The zero-order chi connectivity index (χ0) is 16.1. The van der Waals surface area contributed by atoms with Gasteiger partial charge in [0, 0.05) is 24.6 Å². The molecule has 23 heavy (non-hydrogen) atoms. The van der Waals surface area contributed by atoms with Crippen molar-refractivity contribution in [2.45, 2.75) is 26.3 Å². The molecule has 0 fully saturated rings. The normalized spacial score (nSPS) is 17.5. The largest absolute Gasteiger partial charge is 0.505 e. The molecule has 1 atom stereocenters. The minimum atomic E-state index is -0.146. The van der Waals surface area contributed by atoms with Gasteiger partial charge in [0.15, 0.2) is 17.1 Å². The Morgan fingerprint density at radius 2 is 2.26 bits per heavy atom. The van der Waals surface area contributed by atoms with Crippen LogP contribution in [0.25, 0.3) is 5.65 Å². The highest BCUT2D eigenvalue weighted by Crippen LogP contribution is 2.32. The van der Waals surface area contributed by atoms with Gasteiger partial charge in [-0.25, -0.2) is 9.50 Å². The molecule has 7 heteroatoms. The zero-order valence-corrected chi connectivity index (χ0v) is 12.9. The second-order valence-corrected chi connectivity index (χ2v) is 5.80. The third-order valence-corrected chi connectivity index (χ3v) is 4.24. The van der Waals surface area contributed by atoms with Crippen LogP contribution in [0.1, 0.15) is 40.5 Å². The molecule has 1 N–H and O–H groups in total. The lowest BCUT2D eigenvalue weighted by Gasteiger charge is -2.32. The van der Waals surface area contributed by atoms with Gasteiger partial charge in [0.05, 0.1) is 18.4 Å². The molecule has 0 aromatic carbocycles. The Labute approximate surface area is 132 Å². The highest BCUT2D eigenvalue weighted by Gasteiger charge is 2.31. The van der Waals surface area contributed by atoms with Crippen LogP contribution in [0.4, 0.5) is 0 Å². The van der Waals surface area contributed by atoms with Crippen LogP contribution in [0.2, 0.25) is 0 Å². The van der Waals surface area contributed by atoms with Gasteiger partial charge in [0.2, 0.25) is 0 Å². The van der Waals surface area contributed by atoms with Crippen LogP contribution < -0.4 is 0 Å². The number of fused-ring (bicyclic) bond motifs is 2. The van der Waals surface area contributed by atoms with Gasteiger partial charge < -0.3 is 14.4 Å². The minimum absolute atomic E-state index is 0.00412. The molecule has 1 unspecified atom stereocenters. The topological polar surface area (TPSA) is 83.9 Å². The van der Waals surface area contributed by atoms with Crippen LogP contribution >= 0.6 is 0 Å². The van der Waals surface area contributed by atoms with E-state index in [1.807, 2.05) is 19.9 Å². The minimum Gasteiger partial charge on any atom is -0.505 e. The van der Waals surface area contributed by atoms with Crippen LogP contribution in [0.5, 0.6) is 5.75 Å². The third kappa shape index (κ3) is 2.16. The van der Waals surface area contributed by atoms with Crippen molar-refractivity contribution in [2.24, 2.45) is 0 Å². The van der Waals surface area contributed by atoms with Crippen molar-refractivity contribution in [3.63, 3.8) is 0 Å². The van der Waals surface area contributed by atoms with Gasteiger partial charge in [-0.2, -0.15) is 5.10 Å². The summed E-state index contributed by atoms with van der Waals surface area (Å²) in [5.74, 6) is 1.68. The molecule has 4 heterocycles. The van der Waals surface area contributed by atoms with Crippen molar-refractivity contribution in [2.75, 3.05) is 6.54 Å². The first-order valence-corrected chi connectivity index (χ1v) is 7.47. The molecule has 1 aliphatic heterocycles. The number of carbonyl (C=O) groups is 1. The fraction of sp³-hybridized carbons (Fsp3) is 0.312. The summed E-state index contributed by atoms with van der Waals surface area (Å²) in [6, 6.07) is 3.56. The van der Waals surface area contributed by atoms with E-state index in [4.69, 9.17) is 4.42 Å². The van der Waals surface area contributed by atoms with E-state index < -0.39 is 0 Å². The van der Waals surface area contributed by atoms with E-state index in [0.717, 1.165) is 17.1 Å². The molecular weight excluding hydrogens is 296 g/mol. The molecule has 1 amide bonds. The Kier molecular flexibility index (Phi) is 2.90. The van der Waals surface area contributed by atoms with Crippen molar-refractivity contribution in [3.8, 4) is 5.75 Å². The quantitative estimate of drug-likeness (QED) is 0.744. The number of aryl methyl sites for hydroxylation is 1. The van der Waals surface area contributed by atoms with E-state index >= 15 is 0 Å². The number of amides is 1. The van der Waals surface area contributed by atoms with Crippen LogP contribution in [-0.2, 0) is 6.42 Å². The Bertz CT molecular complexity index is 911. The number of furan rings is 1. The molecular formula is C16H16N4O3. The average Bonchev–Trinajstić information content (AvgIpc) is 3.09. The summed E-state index contributed by atoms with van der Waals surface area (Å²) in [6.07, 6.45) is 3.46. The maximum atomic E-state index is 12.8. The lowest BCUT2D eigenvalue weighted by atomic mass is 10.0. The predicted octanol–water partition coefficient (Wildman–Crippen LogP) is 2.10. The lowest BCUT2D eigenvalue weighted by molar-refractivity contribution is 0.0664. The van der Waals surface area contributed by atoms with Gasteiger partial charge >= 0.3 is 0 Å². The highest BCUT2D eigenvalue weighted by molar-refractivity contribution is 5.93. The Hall–Kier alpha value is -2.83. The van der Waals surface area contributed by atoms with Gasteiger partial charge in [-0.3, -0.25) is 4.79 Å². The van der Waals surface area contributed by atoms with Gasteiger partial charge in [-0.15, -0.1) is 0 Å². The standard InChI is InChI=1S/C16H16N4O3/c1-9-5-12-10(2)19(4-3-14(12)23-9)16(22)13-6-15-17-7-11(21)8-20(15)18-13/h5-8,10,21H,3-4H2,1-2H3. The smallest absolute Gasteiger partial charge is 0.274 e. The van der Waals surface area contributed by atoms with Crippen molar-refractivity contribution >= 4 is 11.6 Å². The first kappa shape index (κ1) is 13.8. The summed E-state index contributed by atoms with van der Waals surface area (Å²) in [5.41, 5.74) is 1.90. The van der Waals surface area contributed by atoms with E-state index in [1.54, 1.807) is 11.0 Å². The molecule has 7 nitrogen and oxygen atoms in total. The Morgan fingerprint density at radius 3 is 3.09 bits per heavy atom. The van der Waals surface area contributed by atoms with Crippen molar-refractivity contribution < 1.29 is 14.3 Å². The second-order valence-electron chi connectivity index (χ2n) is 5.80. The van der Waals surface area contributed by atoms with Crippen LogP contribution in [0.15, 0.2) is 28.9 Å². The van der Waals surface area contributed by atoms with Gasteiger partial charge in [0.1, 0.15) is 11.5 Å². The van der Waals surface area contributed by atoms with Gasteiger partial charge in [0.25, 0.3) is 5.91 Å². The Morgan fingerprint density at radius 1 is 1.43 bits per heavy atom. The summed E-state index contributed by atoms with van der Waals surface area (Å²) < 4.78 is 7.08. The molecule has 1 aliphatic rings. The number of aromatic hydroxyl groups is 1. The molecule has 0 saturated heterocycles. The zero-order valence-electron chi connectivity index (χ0n) is 12.9. The molecule has 0 spiro atoms. The third-order valence-electron chi connectivity index (χ3n) is 4.24. The maximum absolute atomic E-state index is 12.8. The molecule has 118 valence electrons. The number of carbonyl (C=O) groups excluding carboxylic acids is 1. The van der Waals surface area contributed by atoms with E-state index in [0.29, 0.717) is 24.3 Å². The van der Waals surface area contributed by atoms with Gasteiger partial charge in [-0.1, -0.05) is 0 Å². The average molecular weight is 312 g/mol. The highest BCUT2D eigenvalue weighted by atomic mass is 16.3. The molecule has 0 bridgehead atoms. The van der Waals surface area contributed by atoms with E-state index in [2.05, 4.69) is 10.1 Å². The molecule has 3 aromatic rings. The molecule has 0 radical (unpaired) electrons. The first-order valence-electron chi connectivity index (χ1n) is 7.47. The van der Waals surface area contributed by atoms with Crippen LogP contribution in [0, 0.1) is 6.92 Å². The number of aromatic nitrogens is 3. The van der Waals surface area contributed by atoms with Crippen LogP contribution in [-0.4, -0.2) is 37.1 Å². The van der Waals surface area contributed by atoms with Crippen molar-refractivity contribution in [1.29, 1.82) is 0 Å². The molecule has 0 saturated carbocycles. The second kappa shape index (κ2) is 4.84. The molecule has 4 rings (SSSR count). The fourth-order valence-corrected chi connectivity index (χ4v) is 3.11. The van der Waals surface area contributed by atoms with E-state index in [-0.39, 0.29) is 17.7 Å². The summed E-state index contributed by atoms with van der Waals surface area (Å²) in [5, 5.41) is 13.7. The lowest BCUT2D eigenvalue weighted by Crippen LogP contribution is -2.38. The number of nitrogens with zero attached hydrogens (tertiary/aromatic N) is 4. The van der Waals surface area contributed by atoms with Gasteiger partial charge in [-0.05, 0) is 19.9 Å². The number of hydrogen-bond donors (Lipinski definition) is 1. The van der Waals surface area contributed by atoms with Crippen molar-refractivity contribution in [3.05, 3.63) is 47.3 Å². The first-order chi connectivity index (χ1) is 11.0. The summed E-state index contributed by atoms with van der Waals surface area (Å²) in [6.45, 7) is 4.49. The molecule has 0 aliphatic carbocycles. The van der Waals surface area contributed by atoms with Crippen LogP contribution in [0.3, 0.4) is 0 Å². The Balaban J connectivity index is 1.68. The summed E-state index contributed by atoms with van der Waals surface area (Å²) in [4.78, 5) is 18.7. The number of rotatable bonds is 1. The van der Waals surface area contributed by atoms with Crippen molar-refractivity contribution in [1.82, 2.24) is 19.5 Å². The SMILES string of the molecule is Cc1cc2c(o1)CCN(C(=O)c1cc3ncc(O)cn3n1)C2C. The fourth-order valence-electron chi connectivity index (χ4n) is 3.11.